The molecule has 1 aromatic rings. The van der Waals surface area contributed by atoms with Gasteiger partial charge in [-0.2, -0.15) is 0 Å². The molecular formula is C20H25NO5. The molecule has 0 aromatic heterocycles. The van der Waals surface area contributed by atoms with E-state index in [1.165, 1.54) is 11.3 Å². The summed E-state index contributed by atoms with van der Waals surface area (Å²) in [6.07, 6.45) is 5.79. The van der Waals surface area contributed by atoms with Gasteiger partial charge in [0.05, 0.1) is 25.6 Å². The number of esters is 1. The van der Waals surface area contributed by atoms with Crippen LogP contribution < -0.4 is 14.4 Å². The Kier molecular flexibility index (Phi) is 4.31. The van der Waals surface area contributed by atoms with Crippen LogP contribution in [-0.2, 0) is 19.7 Å². The number of rotatable bonds is 5. The minimum Gasteiger partial charge on any atom is -0.493 e. The first-order chi connectivity index (χ1) is 12.6. The lowest BCUT2D eigenvalue weighted by Crippen LogP contribution is -2.47. The van der Waals surface area contributed by atoms with E-state index in [1.807, 2.05) is 12.1 Å². The number of benzene rings is 1. The van der Waals surface area contributed by atoms with Gasteiger partial charge < -0.3 is 23.8 Å². The van der Waals surface area contributed by atoms with Gasteiger partial charge in [0.15, 0.2) is 11.5 Å². The summed E-state index contributed by atoms with van der Waals surface area (Å²) in [5.74, 6) is 1.35. The molecule has 6 heteroatoms. The zero-order valence-electron chi connectivity index (χ0n) is 15.5. The monoisotopic (exact) mass is 359 g/mol. The van der Waals surface area contributed by atoms with Crippen molar-refractivity contribution in [1.82, 2.24) is 0 Å². The number of methoxy groups -OCH3 is 2. The molecule has 6 nitrogen and oxygen atoms in total. The van der Waals surface area contributed by atoms with Crippen LogP contribution in [-0.4, -0.2) is 52.6 Å². The molecule has 2 heterocycles. The van der Waals surface area contributed by atoms with E-state index in [-0.39, 0.29) is 30.0 Å². The average Bonchev–Trinajstić information content (AvgIpc) is 2.99. The Morgan fingerprint density at radius 2 is 2.23 bits per heavy atom. The molecular weight excluding hydrogens is 334 g/mol. The van der Waals surface area contributed by atoms with E-state index in [1.54, 1.807) is 14.2 Å². The zero-order chi connectivity index (χ0) is 18.3. The smallest absolute Gasteiger partial charge is 0.308 e. The van der Waals surface area contributed by atoms with E-state index in [4.69, 9.17) is 18.9 Å². The Hall–Kier alpha value is -2.21. The first kappa shape index (κ1) is 17.2. The number of anilines is 1. The van der Waals surface area contributed by atoms with Crippen molar-refractivity contribution in [2.75, 3.05) is 39.3 Å². The summed E-state index contributed by atoms with van der Waals surface area (Å²) in [4.78, 5) is 14.2. The quantitative estimate of drug-likeness (QED) is 0.595. The Morgan fingerprint density at radius 3 is 3.00 bits per heavy atom. The third kappa shape index (κ3) is 2.55. The molecule has 1 aromatic carbocycles. The molecule has 3 aliphatic rings. The number of carbonyl (C=O) groups excluding carboxylic acids is 1. The minimum atomic E-state index is -0.265. The van der Waals surface area contributed by atoms with Crippen LogP contribution in [0.2, 0.25) is 0 Å². The van der Waals surface area contributed by atoms with Crippen molar-refractivity contribution in [3.05, 3.63) is 29.8 Å². The maximum Gasteiger partial charge on any atom is 0.308 e. The van der Waals surface area contributed by atoms with Crippen LogP contribution >= 0.6 is 0 Å². The van der Waals surface area contributed by atoms with Gasteiger partial charge in [0.2, 0.25) is 0 Å². The minimum absolute atomic E-state index is 0.0496. The third-order valence-corrected chi connectivity index (χ3v) is 5.74. The molecule has 2 aliphatic heterocycles. The van der Waals surface area contributed by atoms with Crippen LogP contribution in [0.1, 0.15) is 24.8 Å². The predicted octanol–water partition coefficient (Wildman–Crippen LogP) is 2.44. The summed E-state index contributed by atoms with van der Waals surface area (Å²) in [6, 6.07) is 4.07. The number of ether oxygens (including phenoxy) is 4. The van der Waals surface area contributed by atoms with Gasteiger partial charge in [0.1, 0.15) is 12.2 Å². The fraction of sp³-hybridized carbons (Fsp3) is 0.550. The van der Waals surface area contributed by atoms with E-state index in [0.717, 1.165) is 24.5 Å². The molecule has 3 atom stereocenters. The predicted molar refractivity (Wildman–Crippen MR) is 97.1 cm³/mol. The van der Waals surface area contributed by atoms with Gasteiger partial charge in [-0.1, -0.05) is 6.08 Å². The summed E-state index contributed by atoms with van der Waals surface area (Å²) in [5.41, 5.74) is 2.23. The maximum absolute atomic E-state index is 11.9. The number of hydrogen-bond donors (Lipinski definition) is 0. The number of hydrogen-bond acceptors (Lipinski definition) is 6. The molecule has 1 spiro atoms. The summed E-state index contributed by atoms with van der Waals surface area (Å²) in [7, 11) is 5.35. The standard InChI is InChI=1S/C20H25NO5/c1-21-10-9-20-8-6-13(25-17(22)7-11-23-2)12-16(20)26-19-15(24-3)5-4-14(21)18(19)20/h4-6,8,13,16H,7,9-12H2,1-3H3/t13-,16?,20-/m0/s1. The highest BCUT2D eigenvalue weighted by Crippen LogP contribution is 2.58. The SMILES string of the molecule is COCCC(=O)O[C@H]1C=C[C@@]23CCN(C)c4ccc(OC)c(c42)OC3C1. The van der Waals surface area contributed by atoms with Gasteiger partial charge in [-0.05, 0) is 24.6 Å². The summed E-state index contributed by atoms with van der Waals surface area (Å²) >= 11 is 0. The lowest BCUT2D eigenvalue weighted by atomic mass is 9.67. The van der Waals surface area contributed by atoms with Crippen molar-refractivity contribution in [1.29, 1.82) is 0 Å². The van der Waals surface area contributed by atoms with Crippen LogP contribution in [0, 0.1) is 0 Å². The second-order valence-corrected chi connectivity index (χ2v) is 7.18. The zero-order valence-corrected chi connectivity index (χ0v) is 15.5. The Bertz CT molecular complexity index is 746. The van der Waals surface area contributed by atoms with Crippen LogP contribution in [0.3, 0.4) is 0 Å². The Labute approximate surface area is 153 Å². The molecule has 0 N–H and O–H groups in total. The molecule has 4 rings (SSSR count). The Morgan fingerprint density at radius 1 is 1.38 bits per heavy atom. The lowest BCUT2D eigenvalue weighted by Gasteiger charge is -2.42. The van der Waals surface area contributed by atoms with E-state index >= 15 is 0 Å². The van der Waals surface area contributed by atoms with Crippen LogP contribution in [0.15, 0.2) is 24.3 Å². The highest BCUT2D eigenvalue weighted by molar-refractivity contribution is 5.73. The normalized spacial score (nSPS) is 28.2. The molecule has 0 radical (unpaired) electrons. The van der Waals surface area contributed by atoms with Gasteiger partial charge >= 0.3 is 5.97 Å². The topological polar surface area (TPSA) is 57.2 Å². The third-order valence-electron chi connectivity index (χ3n) is 5.74. The van der Waals surface area contributed by atoms with Crippen molar-refractivity contribution >= 4 is 11.7 Å². The number of carbonyl (C=O) groups is 1. The summed E-state index contributed by atoms with van der Waals surface area (Å²) in [5, 5.41) is 0. The van der Waals surface area contributed by atoms with E-state index in [0.29, 0.717) is 13.0 Å². The van der Waals surface area contributed by atoms with Crippen molar-refractivity contribution in [3.63, 3.8) is 0 Å². The number of nitrogens with zero attached hydrogens (tertiary/aromatic N) is 1. The second kappa shape index (κ2) is 6.50. The largest absolute Gasteiger partial charge is 0.493 e. The van der Waals surface area contributed by atoms with Gasteiger partial charge in [-0.15, -0.1) is 0 Å². The van der Waals surface area contributed by atoms with Gasteiger partial charge in [0, 0.05) is 38.4 Å². The average molecular weight is 359 g/mol. The van der Waals surface area contributed by atoms with Gasteiger partial charge in [-0.25, -0.2) is 0 Å². The van der Waals surface area contributed by atoms with Crippen molar-refractivity contribution in [3.8, 4) is 11.5 Å². The fourth-order valence-corrected chi connectivity index (χ4v) is 4.37. The Balaban J connectivity index is 1.64. The lowest BCUT2D eigenvalue weighted by molar-refractivity contribution is -0.149. The molecule has 1 aliphatic carbocycles. The van der Waals surface area contributed by atoms with Crippen LogP contribution in [0.25, 0.3) is 0 Å². The molecule has 0 saturated heterocycles. The van der Waals surface area contributed by atoms with Crippen molar-refractivity contribution in [2.45, 2.75) is 36.9 Å². The van der Waals surface area contributed by atoms with Crippen LogP contribution in [0.4, 0.5) is 5.69 Å². The van der Waals surface area contributed by atoms with E-state index in [2.05, 4.69) is 24.1 Å². The maximum atomic E-state index is 11.9. The molecule has 0 amide bonds. The molecule has 140 valence electrons. The molecule has 0 fully saturated rings. The molecule has 0 saturated carbocycles. The molecule has 0 bridgehead atoms. The highest BCUT2D eigenvalue weighted by atomic mass is 16.6. The van der Waals surface area contributed by atoms with Crippen molar-refractivity contribution in [2.24, 2.45) is 0 Å². The van der Waals surface area contributed by atoms with Crippen molar-refractivity contribution < 1.29 is 23.7 Å². The summed E-state index contributed by atoms with van der Waals surface area (Å²) < 4.78 is 22.4. The first-order valence-electron chi connectivity index (χ1n) is 9.06. The molecule has 26 heavy (non-hydrogen) atoms. The second-order valence-electron chi connectivity index (χ2n) is 7.18. The van der Waals surface area contributed by atoms with Gasteiger partial charge in [0.25, 0.3) is 0 Å². The van der Waals surface area contributed by atoms with E-state index < -0.39 is 0 Å². The van der Waals surface area contributed by atoms with E-state index in [9.17, 15) is 4.79 Å². The van der Waals surface area contributed by atoms with Crippen LogP contribution in [0.5, 0.6) is 11.5 Å². The van der Waals surface area contributed by atoms with Gasteiger partial charge in [-0.3, -0.25) is 4.79 Å². The summed E-state index contributed by atoms with van der Waals surface area (Å²) in [6.45, 7) is 1.33. The highest BCUT2D eigenvalue weighted by Gasteiger charge is 2.54. The first-order valence-corrected chi connectivity index (χ1v) is 9.06. The molecule has 1 unspecified atom stereocenters. The fourth-order valence-electron chi connectivity index (χ4n) is 4.37.